The Labute approximate surface area is 172 Å². The molecule has 0 aliphatic carbocycles. The van der Waals surface area contributed by atoms with Crippen LogP contribution in [0.4, 0.5) is 0 Å². The number of rotatable bonds is 6. The van der Waals surface area contributed by atoms with Crippen molar-refractivity contribution in [2.75, 3.05) is 0 Å². The van der Waals surface area contributed by atoms with Crippen molar-refractivity contribution < 1.29 is 19.7 Å². The number of phenols is 2. The fourth-order valence-corrected chi connectivity index (χ4v) is 3.55. The smallest absolute Gasteiger partial charge is 0.189 e. The minimum Gasteiger partial charge on any atom is -0.508 e. The van der Waals surface area contributed by atoms with Gasteiger partial charge in [0.15, 0.2) is 5.78 Å². The van der Waals surface area contributed by atoms with Crippen LogP contribution < -0.4 is 4.74 Å². The topological polar surface area (TPSA) is 66.8 Å². The molecule has 1 atom stereocenters. The molecule has 2 aromatic carbocycles. The van der Waals surface area contributed by atoms with Crippen LogP contribution in [0.5, 0.6) is 17.2 Å². The summed E-state index contributed by atoms with van der Waals surface area (Å²) in [5, 5.41) is 19.6. The maximum Gasteiger partial charge on any atom is 0.189 e. The molecule has 152 valence electrons. The van der Waals surface area contributed by atoms with E-state index in [9.17, 15) is 15.0 Å². The maximum atomic E-state index is 12.9. The zero-order valence-corrected chi connectivity index (χ0v) is 17.2. The Balaban J connectivity index is 1.85. The zero-order chi connectivity index (χ0) is 21.0. The lowest BCUT2D eigenvalue weighted by Gasteiger charge is -2.37. The highest BCUT2D eigenvalue weighted by Gasteiger charge is 2.34. The molecule has 4 nitrogen and oxygen atoms in total. The molecule has 4 heteroatoms. The number of carbonyl (C=O) groups excluding carboxylic acids is 1. The molecule has 2 aromatic rings. The highest BCUT2D eigenvalue weighted by atomic mass is 16.5. The highest BCUT2D eigenvalue weighted by Crippen LogP contribution is 2.42. The number of aromatic hydroxyl groups is 2. The number of carbonyl (C=O) groups is 1. The molecule has 0 saturated carbocycles. The fraction of sp³-hybridized carbons (Fsp3) is 0.320. The molecule has 0 aromatic heterocycles. The Morgan fingerprint density at radius 3 is 2.55 bits per heavy atom. The second-order valence-corrected chi connectivity index (χ2v) is 8.10. The molecular formula is C25H28O4. The molecule has 1 aliphatic heterocycles. The summed E-state index contributed by atoms with van der Waals surface area (Å²) in [5.41, 5.74) is 2.88. The van der Waals surface area contributed by atoms with E-state index in [4.69, 9.17) is 4.74 Å². The SMILES string of the molecule is CC(C)=CCC[C@@]1(C)CCc2c(O)ccc(C(=O)C=Cc3ccc(O)cc3)c2O1. The van der Waals surface area contributed by atoms with Crippen molar-refractivity contribution in [3.63, 3.8) is 0 Å². The Morgan fingerprint density at radius 2 is 1.86 bits per heavy atom. The predicted molar refractivity (Wildman–Crippen MR) is 116 cm³/mol. The van der Waals surface area contributed by atoms with Crippen LogP contribution in [-0.4, -0.2) is 21.6 Å². The van der Waals surface area contributed by atoms with E-state index < -0.39 is 0 Å². The molecular weight excluding hydrogens is 364 g/mol. The van der Waals surface area contributed by atoms with Crippen LogP contribution in [0.1, 0.15) is 61.5 Å². The first kappa shape index (κ1) is 20.7. The van der Waals surface area contributed by atoms with Crippen LogP contribution >= 0.6 is 0 Å². The van der Waals surface area contributed by atoms with E-state index in [1.54, 1.807) is 42.5 Å². The average Bonchev–Trinajstić information content (AvgIpc) is 2.67. The van der Waals surface area contributed by atoms with E-state index in [2.05, 4.69) is 26.8 Å². The number of hydrogen-bond donors (Lipinski definition) is 2. The van der Waals surface area contributed by atoms with Crippen molar-refractivity contribution in [1.29, 1.82) is 0 Å². The summed E-state index contributed by atoms with van der Waals surface area (Å²) < 4.78 is 6.33. The molecule has 2 N–H and O–H groups in total. The van der Waals surface area contributed by atoms with E-state index in [0.29, 0.717) is 23.3 Å². The average molecular weight is 392 g/mol. The zero-order valence-electron chi connectivity index (χ0n) is 17.2. The first-order valence-electron chi connectivity index (χ1n) is 9.96. The first-order chi connectivity index (χ1) is 13.8. The fourth-order valence-electron chi connectivity index (χ4n) is 3.55. The molecule has 3 rings (SSSR count). The molecule has 1 aliphatic rings. The lowest BCUT2D eigenvalue weighted by Crippen LogP contribution is -2.36. The maximum absolute atomic E-state index is 12.9. The van der Waals surface area contributed by atoms with Crippen molar-refractivity contribution in [3.05, 3.63) is 70.8 Å². The quantitative estimate of drug-likeness (QED) is 0.369. The number of hydrogen-bond acceptors (Lipinski definition) is 4. The van der Waals surface area contributed by atoms with E-state index in [1.165, 1.54) is 11.6 Å². The normalized spacial score (nSPS) is 18.2. The Kier molecular flexibility index (Phi) is 6.12. The van der Waals surface area contributed by atoms with Gasteiger partial charge in [-0.3, -0.25) is 4.79 Å². The van der Waals surface area contributed by atoms with E-state index in [0.717, 1.165) is 24.8 Å². The van der Waals surface area contributed by atoms with Gasteiger partial charge in [0.1, 0.15) is 22.8 Å². The van der Waals surface area contributed by atoms with Crippen molar-refractivity contribution in [1.82, 2.24) is 0 Å². The van der Waals surface area contributed by atoms with Gasteiger partial charge in [-0.2, -0.15) is 0 Å². The van der Waals surface area contributed by atoms with Gasteiger partial charge in [-0.25, -0.2) is 0 Å². The lowest BCUT2D eigenvalue weighted by molar-refractivity contribution is 0.0550. The van der Waals surface area contributed by atoms with Gasteiger partial charge < -0.3 is 14.9 Å². The summed E-state index contributed by atoms with van der Waals surface area (Å²) in [5.74, 6) is 0.673. The van der Waals surface area contributed by atoms with Gasteiger partial charge in [0.05, 0.1) is 5.56 Å². The Bertz CT molecular complexity index is 950. The van der Waals surface area contributed by atoms with Crippen LogP contribution in [0.3, 0.4) is 0 Å². The number of fused-ring (bicyclic) bond motifs is 1. The molecule has 0 amide bonds. The van der Waals surface area contributed by atoms with E-state index in [1.807, 2.05) is 0 Å². The molecule has 1 heterocycles. The minimum absolute atomic E-state index is 0.172. The first-order valence-corrected chi connectivity index (χ1v) is 9.96. The van der Waals surface area contributed by atoms with E-state index in [-0.39, 0.29) is 22.9 Å². The highest BCUT2D eigenvalue weighted by molar-refractivity contribution is 6.09. The third-order valence-electron chi connectivity index (χ3n) is 5.30. The van der Waals surface area contributed by atoms with Gasteiger partial charge >= 0.3 is 0 Å². The summed E-state index contributed by atoms with van der Waals surface area (Å²) in [7, 11) is 0. The Hall–Kier alpha value is -3.01. The van der Waals surface area contributed by atoms with Gasteiger partial charge in [0.25, 0.3) is 0 Å². The van der Waals surface area contributed by atoms with E-state index >= 15 is 0 Å². The second kappa shape index (κ2) is 8.56. The molecule has 0 fully saturated rings. The van der Waals surface area contributed by atoms with Crippen molar-refractivity contribution in [3.8, 4) is 17.2 Å². The number of benzene rings is 2. The number of phenolic OH excluding ortho intramolecular Hbond substituents is 2. The largest absolute Gasteiger partial charge is 0.508 e. The van der Waals surface area contributed by atoms with Gasteiger partial charge in [-0.15, -0.1) is 0 Å². The van der Waals surface area contributed by atoms with Crippen LogP contribution in [-0.2, 0) is 6.42 Å². The van der Waals surface area contributed by atoms with Gasteiger partial charge in [0, 0.05) is 5.56 Å². The standard InChI is InChI=1S/C25H28O4/c1-17(2)5-4-15-25(3)16-14-21-23(28)13-11-20(24(21)29-25)22(27)12-8-18-6-9-19(26)10-7-18/h5-13,26,28H,4,14-16H2,1-3H3/t25-/m0/s1. The summed E-state index contributed by atoms with van der Waals surface area (Å²) in [4.78, 5) is 12.9. The molecule has 0 spiro atoms. The minimum atomic E-state index is -0.373. The number of ketones is 1. The third-order valence-corrected chi connectivity index (χ3v) is 5.30. The molecule has 0 unspecified atom stereocenters. The van der Waals surface area contributed by atoms with Crippen LogP contribution in [0.2, 0.25) is 0 Å². The number of allylic oxidation sites excluding steroid dienone is 3. The van der Waals surface area contributed by atoms with Gasteiger partial charge in [0.2, 0.25) is 0 Å². The van der Waals surface area contributed by atoms with Crippen molar-refractivity contribution in [2.24, 2.45) is 0 Å². The summed E-state index contributed by atoms with van der Waals surface area (Å²) in [6.07, 6.45) is 8.64. The van der Waals surface area contributed by atoms with Crippen LogP contribution in [0, 0.1) is 0 Å². The summed E-state index contributed by atoms with van der Waals surface area (Å²) in [6.45, 7) is 6.22. The second-order valence-electron chi connectivity index (χ2n) is 8.10. The Morgan fingerprint density at radius 1 is 1.14 bits per heavy atom. The van der Waals surface area contributed by atoms with Crippen LogP contribution in [0.25, 0.3) is 6.08 Å². The lowest BCUT2D eigenvalue weighted by atomic mass is 9.87. The molecule has 0 bridgehead atoms. The molecule has 0 radical (unpaired) electrons. The third kappa shape index (κ3) is 5.08. The van der Waals surface area contributed by atoms with Gasteiger partial charge in [-0.05, 0) is 82.4 Å². The van der Waals surface area contributed by atoms with Crippen molar-refractivity contribution in [2.45, 2.75) is 52.1 Å². The van der Waals surface area contributed by atoms with Crippen molar-refractivity contribution >= 4 is 11.9 Å². The van der Waals surface area contributed by atoms with Crippen LogP contribution in [0.15, 0.2) is 54.1 Å². The number of ether oxygens (including phenoxy) is 1. The summed E-state index contributed by atoms with van der Waals surface area (Å²) >= 11 is 0. The molecule has 29 heavy (non-hydrogen) atoms. The molecule has 0 saturated heterocycles. The monoisotopic (exact) mass is 392 g/mol. The summed E-state index contributed by atoms with van der Waals surface area (Å²) in [6, 6.07) is 9.82. The predicted octanol–water partition coefficient (Wildman–Crippen LogP) is 5.82. The van der Waals surface area contributed by atoms with Gasteiger partial charge in [-0.1, -0.05) is 29.9 Å².